The lowest BCUT2D eigenvalue weighted by atomic mass is 10.3. The van der Waals surface area contributed by atoms with Crippen LogP contribution >= 0.6 is 0 Å². The quantitative estimate of drug-likeness (QED) is 0.379. The first-order chi connectivity index (χ1) is 6.14. The number of rotatable bonds is 6. The average Bonchev–Trinajstić information content (AvgIpc) is 2.17. The summed E-state index contributed by atoms with van der Waals surface area (Å²) in [7, 11) is 0. The van der Waals surface area contributed by atoms with Crippen molar-refractivity contribution in [3.8, 4) is 0 Å². The van der Waals surface area contributed by atoms with Gasteiger partial charge in [-0.3, -0.25) is 4.79 Å². The second-order valence-electron chi connectivity index (χ2n) is 3.18. The van der Waals surface area contributed by atoms with Crippen LogP contribution in [0.15, 0.2) is 12.7 Å². The van der Waals surface area contributed by atoms with Crippen molar-refractivity contribution in [2.75, 3.05) is 19.6 Å². The molecule has 0 aliphatic carbocycles. The summed E-state index contributed by atoms with van der Waals surface area (Å²) in [5.74, 6) is -0.0860. The fourth-order valence-electron chi connectivity index (χ4n) is 1.46. The van der Waals surface area contributed by atoms with E-state index in [-0.39, 0.29) is 5.91 Å². The summed E-state index contributed by atoms with van der Waals surface area (Å²) in [6.07, 6.45) is 2.40. The van der Waals surface area contributed by atoms with E-state index >= 15 is 0 Å². The zero-order chi connectivity index (χ0) is 10.3. The van der Waals surface area contributed by atoms with Crippen LogP contribution in [-0.4, -0.2) is 30.1 Å². The van der Waals surface area contributed by atoms with Gasteiger partial charge in [0.1, 0.15) is 6.54 Å². The van der Waals surface area contributed by atoms with E-state index in [1.165, 1.54) is 6.08 Å². The molecule has 0 spiro atoms. The van der Waals surface area contributed by atoms with Crippen LogP contribution < -0.4 is 5.43 Å². The standard InChI is InChI=1S/C10H20N2O/c1-5-9-12(7-3,8-4)11-10(13)6-2/h6H,2,5,7-9H2,1,3-4H3/p+1. The van der Waals surface area contributed by atoms with Crippen LogP contribution in [0.1, 0.15) is 27.2 Å². The summed E-state index contributed by atoms with van der Waals surface area (Å²) in [6, 6.07) is 0. The topological polar surface area (TPSA) is 29.1 Å². The molecule has 0 heterocycles. The predicted molar refractivity (Wildman–Crippen MR) is 54.8 cm³/mol. The smallest absolute Gasteiger partial charge is 0.265 e. The van der Waals surface area contributed by atoms with Gasteiger partial charge in [0.15, 0.2) is 0 Å². The third kappa shape index (κ3) is 3.59. The molecule has 0 fully saturated rings. The fourth-order valence-corrected chi connectivity index (χ4v) is 1.46. The Morgan fingerprint density at radius 3 is 2.23 bits per heavy atom. The van der Waals surface area contributed by atoms with Crippen molar-refractivity contribution in [2.24, 2.45) is 0 Å². The number of carbonyl (C=O) groups excluding carboxylic acids is 1. The van der Waals surface area contributed by atoms with Crippen molar-refractivity contribution in [1.29, 1.82) is 0 Å². The lowest BCUT2D eigenvalue weighted by Crippen LogP contribution is -2.60. The molecule has 0 aliphatic rings. The second kappa shape index (κ2) is 5.75. The number of hydrogen-bond donors (Lipinski definition) is 1. The van der Waals surface area contributed by atoms with E-state index in [9.17, 15) is 4.79 Å². The molecule has 0 saturated heterocycles. The minimum absolute atomic E-state index is 0.0860. The van der Waals surface area contributed by atoms with Gasteiger partial charge in [-0.15, -0.1) is 0 Å². The van der Waals surface area contributed by atoms with E-state index in [2.05, 4.69) is 32.8 Å². The van der Waals surface area contributed by atoms with Gasteiger partial charge in [-0.2, -0.15) is 5.43 Å². The normalized spacial score (nSPS) is 11.0. The number of hydrogen-bond acceptors (Lipinski definition) is 1. The summed E-state index contributed by atoms with van der Waals surface area (Å²) >= 11 is 0. The SMILES string of the molecule is C=CC(=O)N[N+](CC)(CC)CCC. The highest BCUT2D eigenvalue weighted by atomic mass is 16.2. The average molecular weight is 185 g/mol. The molecule has 1 N–H and O–H groups in total. The molecular weight excluding hydrogens is 164 g/mol. The molecule has 1 amide bonds. The lowest BCUT2D eigenvalue weighted by Gasteiger charge is -2.35. The Morgan fingerprint density at radius 1 is 1.38 bits per heavy atom. The molecule has 0 aromatic carbocycles. The molecule has 0 aliphatic heterocycles. The minimum atomic E-state index is -0.0860. The molecular formula is C10H21N2O+. The van der Waals surface area contributed by atoms with Crippen LogP contribution in [-0.2, 0) is 4.79 Å². The van der Waals surface area contributed by atoms with Crippen LogP contribution in [0.4, 0.5) is 0 Å². The number of quaternary nitrogens is 1. The molecule has 0 aromatic rings. The summed E-state index contributed by atoms with van der Waals surface area (Å²) in [5.41, 5.74) is 2.96. The zero-order valence-electron chi connectivity index (χ0n) is 8.97. The summed E-state index contributed by atoms with van der Waals surface area (Å²) in [6.45, 7) is 12.6. The van der Waals surface area contributed by atoms with Gasteiger partial charge in [0.2, 0.25) is 0 Å². The van der Waals surface area contributed by atoms with Gasteiger partial charge in [-0.25, -0.2) is 4.59 Å². The highest BCUT2D eigenvalue weighted by molar-refractivity contribution is 5.85. The van der Waals surface area contributed by atoms with E-state index in [1.807, 2.05) is 0 Å². The van der Waals surface area contributed by atoms with Gasteiger partial charge in [-0.05, 0) is 20.3 Å². The van der Waals surface area contributed by atoms with Crippen molar-refractivity contribution in [1.82, 2.24) is 5.43 Å². The van der Waals surface area contributed by atoms with Gasteiger partial charge in [0, 0.05) is 6.08 Å². The molecule has 0 aromatic heterocycles. The van der Waals surface area contributed by atoms with Crippen LogP contribution in [0, 0.1) is 0 Å². The molecule has 0 atom stereocenters. The Labute approximate surface area is 81.0 Å². The molecule has 3 heteroatoms. The highest BCUT2D eigenvalue weighted by Crippen LogP contribution is 2.02. The van der Waals surface area contributed by atoms with Crippen LogP contribution in [0.5, 0.6) is 0 Å². The fraction of sp³-hybridized carbons (Fsp3) is 0.700. The van der Waals surface area contributed by atoms with Gasteiger partial charge < -0.3 is 0 Å². The van der Waals surface area contributed by atoms with E-state index in [0.29, 0.717) is 4.59 Å². The Balaban J connectivity index is 4.36. The van der Waals surface area contributed by atoms with Gasteiger partial charge in [-0.1, -0.05) is 13.5 Å². The molecule has 76 valence electrons. The van der Waals surface area contributed by atoms with Gasteiger partial charge in [0.05, 0.1) is 13.1 Å². The first-order valence-electron chi connectivity index (χ1n) is 4.94. The summed E-state index contributed by atoms with van der Waals surface area (Å²) < 4.78 is 0.654. The maximum atomic E-state index is 11.2. The molecule has 0 bridgehead atoms. The molecule has 0 unspecified atom stereocenters. The number of nitrogens with zero attached hydrogens (tertiary/aromatic N) is 1. The van der Waals surface area contributed by atoms with E-state index in [0.717, 1.165) is 26.1 Å². The molecule has 0 rings (SSSR count). The maximum Gasteiger partial charge on any atom is 0.288 e. The van der Waals surface area contributed by atoms with Crippen molar-refractivity contribution >= 4 is 5.91 Å². The van der Waals surface area contributed by atoms with Crippen LogP contribution in [0.25, 0.3) is 0 Å². The first kappa shape index (κ1) is 12.2. The van der Waals surface area contributed by atoms with E-state index in [1.54, 1.807) is 0 Å². The number of nitrogens with one attached hydrogen (secondary N) is 1. The Bertz CT molecular complexity index is 174. The van der Waals surface area contributed by atoms with Gasteiger partial charge >= 0.3 is 0 Å². The second-order valence-corrected chi connectivity index (χ2v) is 3.18. The lowest BCUT2D eigenvalue weighted by molar-refractivity contribution is -0.958. The minimum Gasteiger partial charge on any atom is -0.265 e. The molecule has 13 heavy (non-hydrogen) atoms. The van der Waals surface area contributed by atoms with Crippen molar-refractivity contribution in [3.63, 3.8) is 0 Å². The number of amides is 1. The Kier molecular flexibility index (Phi) is 5.39. The van der Waals surface area contributed by atoms with Crippen molar-refractivity contribution < 1.29 is 9.39 Å². The third-order valence-corrected chi connectivity index (χ3v) is 2.40. The number of carbonyl (C=O) groups is 1. The highest BCUT2D eigenvalue weighted by Gasteiger charge is 2.23. The zero-order valence-corrected chi connectivity index (χ0v) is 8.97. The van der Waals surface area contributed by atoms with Crippen molar-refractivity contribution in [2.45, 2.75) is 27.2 Å². The maximum absolute atomic E-state index is 11.2. The van der Waals surface area contributed by atoms with Crippen LogP contribution in [0.3, 0.4) is 0 Å². The molecule has 0 radical (unpaired) electrons. The Morgan fingerprint density at radius 2 is 1.92 bits per heavy atom. The van der Waals surface area contributed by atoms with Crippen LogP contribution in [0.2, 0.25) is 0 Å². The van der Waals surface area contributed by atoms with Gasteiger partial charge in [0.25, 0.3) is 5.91 Å². The monoisotopic (exact) mass is 185 g/mol. The molecule has 3 nitrogen and oxygen atoms in total. The summed E-state index contributed by atoms with van der Waals surface area (Å²) in [5, 5.41) is 0. The molecule has 0 saturated carbocycles. The first-order valence-corrected chi connectivity index (χ1v) is 4.94. The third-order valence-electron chi connectivity index (χ3n) is 2.40. The summed E-state index contributed by atoms with van der Waals surface area (Å²) in [4.78, 5) is 11.2. The van der Waals surface area contributed by atoms with Crippen molar-refractivity contribution in [3.05, 3.63) is 12.7 Å². The van der Waals surface area contributed by atoms with E-state index in [4.69, 9.17) is 0 Å². The predicted octanol–water partition coefficient (Wildman–Crippen LogP) is 1.47. The Hall–Kier alpha value is -0.830. The van der Waals surface area contributed by atoms with E-state index < -0.39 is 0 Å². The largest absolute Gasteiger partial charge is 0.288 e.